The van der Waals surface area contributed by atoms with Crippen molar-refractivity contribution in [1.82, 2.24) is 0 Å². The van der Waals surface area contributed by atoms with Gasteiger partial charge in [-0.2, -0.15) is 0 Å². The second-order valence-corrected chi connectivity index (χ2v) is 8.38. The number of hydrogen-bond donors (Lipinski definition) is 0. The van der Waals surface area contributed by atoms with Crippen LogP contribution < -0.4 is 9.47 Å². The number of rotatable bonds is 2. The van der Waals surface area contributed by atoms with E-state index in [-0.39, 0.29) is 0 Å². The highest BCUT2D eigenvalue weighted by Gasteiger charge is 2.12. The molecule has 5 aromatic carbocycles. The SMILES string of the molecule is COc1ccc(C#Cc2c3ccccc3c(C#Cc3ccc(OC)cc3)c3cc(Cl)ccc23)cc1. The van der Waals surface area contributed by atoms with Crippen LogP contribution in [0.15, 0.2) is 91.0 Å². The standard InChI is InChI=1S/C32H21ClO2/c1-34-25-14-7-22(8-15-25)11-18-29-27-5-3-4-6-28(27)30(32-21-24(33)13-20-31(29)32)19-12-23-9-16-26(35-2)17-10-23/h3-10,13-17,20-21H,1-2H3. The van der Waals surface area contributed by atoms with E-state index < -0.39 is 0 Å². The maximum Gasteiger partial charge on any atom is 0.118 e. The average Bonchev–Trinajstić information content (AvgIpc) is 2.91. The van der Waals surface area contributed by atoms with Crippen molar-refractivity contribution >= 4 is 33.1 Å². The van der Waals surface area contributed by atoms with Crippen LogP contribution in [0.4, 0.5) is 0 Å². The zero-order valence-corrected chi connectivity index (χ0v) is 20.1. The molecule has 0 heterocycles. The molecule has 0 spiro atoms. The molecule has 0 aromatic heterocycles. The van der Waals surface area contributed by atoms with E-state index in [4.69, 9.17) is 21.1 Å². The zero-order chi connectivity index (χ0) is 24.2. The van der Waals surface area contributed by atoms with Gasteiger partial charge < -0.3 is 9.47 Å². The summed E-state index contributed by atoms with van der Waals surface area (Å²) in [4.78, 5) is 0. The first-order valence-electron chi connectivity index (χ1n) is 11.1. The van der Waals surface area contributed by atoms with Gasteiger partial charge in [0, 0.05) is 32.7 Å². The summed E-state index contributed by atoms with van der Waals surface area (Å²) in [6.45, 7) is 0. The highest BCUT2D eigenvalue weighted by Crippen LogP contribution is 2.34. The predicted molar refractivity (Wildman–Crippen MR) is 144 cm³/mol. The first-order valence-corrected chi connectivity index (χ1v) is 11.5. The summed E-state index contributed by atoms with van der Waals surface area (Å²) in [5.41, 5.74) is 3.72. The Morgan fingerprint density at radius 3 is 1.46 bits per heavy atom. The molecule has 2 nitrogen and oxygen atoms in total. The highest BCUT2D eigenvalue weighted by atomic mass is 35.5. The predicted octanol–water partition coefficient (Wildman–Crippen LogP) is 7.46. The summed E-state index contributed by atoms with van der Waals surface area (Å²) < 4.78 is 10.5. The van der Waals surface area contributed by atoms with Gasteiger partial charge in [-0.3, -0.25) is 0 Å². The number of benzene rings is 5. The Morgan fingerprint density at radius 1 is 0.514 bits per heavy atom. The van der Waals surface area contributed by atoms with Crippen LogP contribution in [0.2, 0.25) is 5.02 Å². The van der Waals surface area contributed by atoms with Gasteiger partial charge in [0.05, 0.1) is 14.2 Å². The summed E-state index contributed by atoms with van der Waals surface area (Å²) in [6, 6.07) is 29.6. The molecule has 0 bridgehead atoms. The van der Waals surface area contributed by atoms with E-state index in [0.717, 1.165) is 55.3 Å². The molecule has 0 aliphatic rings. The Labute approximate surface area is 210 Å². The van der Waals surface area contributed by atoms with Gasteiger partial charge in [0.1, 0.15) is 11.5 Å². The molecule has 0 saturated heterocycles. The topological polar surface area (TPSA) is 18.5 Å². The number of fused-ring (bicyclic) bond motifs is 2. The van der Waals surface area contributed by atoms with Gasteiger partial charge in [-0.25, -0.2) is 0 Å². The van der Waals surface area contributed by atoms with E-state index >= 15 is 0 Å². The lowest BCUT2D eigenvalue weighted by Crippen LogP contribution is -1.91. The van der Waals surface area contributed by atoms with Gasteiger partial charge in [-0.15, -0.1) is 0 Å². The molecule has 0 radical (unpaired) electrons. The van der Waals surface area contributed by atoms with Crippen molar-refractivity contribution in [3.63, 3.8) is 0 Å². The molecule has 0 fully saturated rings. The Bertz CT molecular complexity index is 1660. The van der Waals surface area contributed by atoms with Crippen LogP contribution in [0.25, 0.3) is 21.5 Å². The minimum absolute atomic E-state index is 0.661. The van der Waals surface area contributed by atoms with Crippen LogP contribution in [-0.4, -0.2) is 14.2 Å². The summed E-state index contributed by atoms with van der Waals surface area (Å²) in [5.74, 6) is 15.1. The minimum Gasteiger partial charge on any atom is -0.497 e. The molecule has 3 heteroatoms. The van der Waals surface area contributed by atoms with Crippen molar-refractivity contribution in [2.45, 2.75) is 0 Å². The molecule has 0 aliphatic carbocycles. The summed E-state index contributed by atoms with van der Waals surface area (Å²) in [7, 11) is 3.31. The fourth-order valence-corrected chi connectivity index (χ4v) is 4.21. The Hall–Kier alpha value is -4.37. The van der Waals surface area contributed by atoms with Crippen molar-refractivity contribution in [2.24, 2.45) is 0 Å². The number of halogens is 1. The van der Waals surface area contributed by atoms with Crippen LogP contribution in [0, 0.1) is 23.7 Å². The van der Waals surface area contributed by atoms with Crippen molar-refractivity contribution < 1.29 is 9.47 Å². The Balaban J connectivity index is 1.72. The Kier molecular flexibility index (Phi) is 6.32. The van der Waals surface area contributed by atoms with Gasteiger partial charge in [0.15, 0.2) is 0 Å². The molecule has 5 aromatic rings. The lowest BCUT2D eigenvalue weighted by Gasteiger charge is -2.11. The number of hydrogen-bond acceptors (Lipinski definition) is 2. The van der Waals surface area contributed by atoms with Crippen LogP contribution in [0.5, 0.6) is 11.5 Å². The second kappa shape index (κ2) is 9.86. The number of ether oxygens (including phenoxy) is 2. The van der Waals surface area contributed by atoms with Gasteiger partial charge in [-0.05, 0) is 76.8 Å². The van der Waals surface area contributed by atoms with Crippen LogP contribution in [-0.2, 0) is 0 Å². The normalized spacial score (nSPS) is 10.3. The van der Waals surface area contributed by atoms with Crippen molar-refractivity contribution in [1.29, 1.82) is 0 Å². The van der Waals surface area contributed by atoms with E-state index in [2.05, 4.69) is 35.8 Å². The van der Waals surface area contributed by atoms with Gasteiger partial charge in [-0.1, -0.05) is 65.6 Å². The third kappa shape index (κ3) is 4.67. The van der Waals surface area contributed by atoms with E-state index in [1.54, 1.807) is 14.2 Å². The molecule has 168 valence electrons. The highest BCUT2D eigenvalue weighted by molar-refractivity contribution is 6.31. The monoisotopic (exact) mass is 472 g/mol. The maximum absolute atomic E-state index is 6.44. The number of methoxy groups -OCH3 is 2. The van der Waals surface area contributed by atoms with Crippen LogP contribution >= 0.6 is 11.6 Å². The van der Waals surface area contributed by atoms with Crippen molar-refractivity contribution in [3.8, 4) is 35.2 Å². The molecule has 0 atom stereocenters. The maximum atomic E-state index is 6.44. The zero-order valence-electron chi connectivity index (χ0n) is 19.4. The first-order chi connectivity index (χ1) is 17.2. The van der Waals surface area contributed by atoms with E-state index in [0.29, 0.717) is 5.02 Å². The van der Waals surface area contributed by atoms with Gasteiger partial charge >= 0.3 is 0 Å². The molecule has 0 saturated carbocycles. The third-order valence-corrected chi connectivity index (χ3v) is 6.06. The Morgan fingerprint density at radius 2 is 0.971 bits per heavy atom. The molecule has 5 rings (SSSR count). The fourth-order valence-electron chi connectivity index (χ4n) is 4.04. The third-order valence-electron chi connectivity index (χ3n) is 5.83. The lowest BCUT2D eigenvalue weighted by atomic mass is 9.91. The van der Waals surface area contributed by atoms with Gasteiger partial charge in [0.25, 0.3) is 0 Å². The largest absolute Gasteiger partial charge is 0.497 e. The summed E-state index contributed by atoms with van der Waals surface area (Å²) in [5, 5.41) is 4.77. The minimum atomic E-state index is 0.661. The molecule has 0 N–H and O–H groups in total. The van der Waals surface area contributed by atoms with Crippen molar-refractivity contribution in [2.75, 3.05) is 14.2 Å². The van der Waals surface area contributed by atoms with E-state index in [1.807, 2.05) is 78.9 Å². The van der Waals surface area contributed by atoms with Crippen LogP contribution in [0.1, 0.15) is 22.3 Å². The smallest absolute Gasteiger partial charge is 0.118 e. The molecule has 0 aliphatic heterocycles. The quantitative estimate of drug-likeness (QED) is 0.196. The molecule has 0 unspecified atom stereocenters. The molecule has 0 amide bonds. The lowest BCUT2D eigenvalue weighted by molar-refractivity contribution is 0.414. The van der Waals surface area contributed by atoms with Crippen molar-refractivity contribution in [3.05, 3.63) is 118 Å². The average molecular weight is 473 g/mol. The summed E-state index contributed by atoms with van der Waals surface area (Å²) >= 11 is 6.44. The first kappa shape index (κ1) is 22.4. The fraction of sp³-hybridized carbons (Fsp3) is 0.0625. The molecule has 35 heavy (non-hydrogen) atoms. The van der Waals surface area contributed by atoms with E-state index in [1.165, 1.54) is 0 Å². The molecular weight excluding hydrogens is 452 g/mol. The van der Waals surface area contributed by atoms with E-state index in [9.17, 15) is 0 Å². The second-order valence-electron chi connectivity index (χ2n) is 7.94. The summed E-state index contributed by atoms with van der Waals surface area (Å²) in [6.07, 6.45) is 0. The van der Waals surface area contributed by atoms with Gasteiger partial charge in [0.2, 0.25) is 0 Å². The van der Waals surface area contributed by atoms with Crippen LogP contribution in [0.3, 0.4) is 0 Å². The molecular formula is C32H21ClO2.